The largest absolute Gasteiger partial charge is 0.481 e. The van der Waals surface area contributed by atoms with Crippen LogP contribution < -0.4 is 11.1 Å². The van der Waals surface area contributed by atoms with Gasteiger partial charge in [0, 0.05) is 19.4 Å². The van der Waals surface area contributed by atoms with Crippen molar-refractivity contribution in [2.45, 2.75) is 51.4 Å². The number of carboxylic acid groups (broad SMARTS) is 1. The second kappa shape index (κ2) is 14.3. The number of aliphatic carboxylic acids is 1. The molecule has 0 bridgehead atoms. The molecule has 108 valence electrons. The normalized spacial score (nSPS) is 9.61. The first-order valence-corrected chi connectivity index (χ1v) is 6.35. The Morgan fingerprint density at radius 3 is 2.17 bits per heavy atom. The van der Waals surface area contributed by atoms with E-state index in [4.69, 9.17) is 10.8 Å². The molecule has 0 aromatic rings. The molecule has 0 aliphatic rings. The van der Waals surface area contributed by atoms with Crippen LogP contribution in [0, 0.1) is 0 Å². The van der Waals surface area contributed by atoms with Gasteiger partial charge in [-0.05, 0) is 32.2 Å². The maximum absolute atomic E-state index is 11.3. The van der Waals surface area contributed by atoms with Crippen molar-refractivity contribution in [1.82, 2.24) is 5.32 Å². The summed E-state index contributed by atoms with van der Waals surface area (Å²) in [6.07, 6.45) is 6.03. The van der Waals surface area contributed by atoms with E-state index in [9.17, 15) is 9.59 Å². The van der Waals surface area contributed by atoms with Crippen LogP contribution in [0.3, 0.4) is 0 Å². The van der Waals surface area contributed by atoms with Gasteiger partial charge in [-0.3, -0.25) is 9.59 Å². The zero-order valence-electron chi connectivity index (χ0n) is 10.8. The fourth-order valence-corrected chi connectivity index (χ4v) is 1.50. The number of unbranched alkanes of at least 4 members (excludes halogenated alkanes) is 4. The molecule has 5 nitrogen and oxygen atoms in total. The van der Waals surface area contributed by atoms with Crippen LogP contribution in [-0.2, 0) is 9.59 Å². The number of hydrogen-bond donors (Lipinski definition) is 3. The number of amides is 1. The highest BCUT2D eigenvalue weighted by Crippen LogP contribution is 2.00. The van der Waals surface area contributed by atoms with E-state index >= 15 is 0 Å². The third-order valence-corrected chi connectivity index (χ3v) is 2.50. The van der Waals surface area contributed by atoms with E-state index in [-0.39, 0.29) is 24.7 Å². The summed E-state index contributed by atoms with van der Waals surface area (Å²) in [5.41, 5.74) is 5.35. The lowest BCUT2D eigenvalue weighted by molar-refractivity contribution is -0.137. The van der Waals surface area contributed by atoms with E-state index < -0.39 is 5.97 Å². The minimum Gasteiger partial charge on any atom is -0.481 e. The number of nitrogens with two attached hydrogens (primary N) is 1. The molecule has 0 unspecified atom stereocenters. The Kier molecular flexibility index (Phi) is 15.5. The Bertz CT molecular complexity index is 225. The lowest BCUT2D eigenvalue weighted by Crippen LogP contribution is -2.24. The third kappa shape index (κ3) is 15.2. The molecule has 0 heterocycles. The molecule has 0 atom stereocenters. The summed E-state index contributed by atoms with van der Waals surface area (Å²) in [5, 5.41) is 11.3. The van der Waals surface area contributed by atoms with Crippen molar-refractivity contribution in [3.8, 4) is 0 Å². The summed E-state index contributed by atoms with van der Waals surface area (Å²) in [7, 11) is 0. The first-order valence-electron chi connectivity index (χ1n) is 6.35. The van der Waals surface area contributed by atoms with Crippen LogP contribution in [0.2, 0.25) is 0 Å². The maximum Gasteiger partial charge on any atom is 0.303 e. The van der Waals surface area contributed by atoms with Crippen LogP contribution >= 0.6 is 12.4 Å². The molecule has 4 N–H and O–H groups in total. The van der Waals surface area contributed by atoms with Crippen molar-refractivity contribution in [3.05, 3.63) is 0 Å². The van der Waals surface area contributed by atoms with E-state index in [1.807, 2.05) is 0 Å². The second-order valence-corrected chi connectivity index (χ2v) is 4.15. The van der Waals surface area contributed by atoms with Crippen LogP contribution in [0.15, 0.2) is 0 Å². The monoisotopic (exact) mass is 280 g/mol. The van der Waals surface area contributed by atoms with Gasteiger partial charge in [0.15, 0.2) is 0 Å². The number of halogens is 1. The zero-order valence-corrected chi connectivity index (χ0v) is 11.6. The van der Waals surface area contributed by atoms with Crippen molar-refractivity contribution in [1.29, 1.82) is 0 Å². The zero-order chi connectivity index (χ0) is 12.9. The molecule has 0 rings (SSSR count). The first-order chi connectivity index (χ1) is 8.16. The third-order valence-electron chi connectivity index (χ3n) is 2.50. The Hall–Kier alpha value is -0.810. The quantitative estimate of drug-likeness (QED) is 0.502. The van der Waals surface area contributed by atoms with Gasteiger partial charge in [-0.15, -0.1) is 12.4 Å². The summed E-state index contributed by atoms with van der Waals surface area (Å²) < 4.78 is 0. The summed E-state index contributed by atoms with van der Waals surface area (Å²) in [5.74, 6) is -0.672. The van der Waals surface area contributed by atoms with Gasteiger partial charge in [-0.25, -0.2) is 0 Å². The molecule has 0 saturated heterocycles. The van der Waals surface area contributed by atoms with Gasteiger partial charge < -0.3 is 16.2 Å². The minimum absolute atomic E-state index is 0. The lowest BCUT2D eigenvalue weighted by atomic mass is 10.1. The predicted octanol–water partition coefficient (Wildman–Crippen LogP) is 1.69. The summed E-state index contributed by atoms with van der Waals surface area (Å²) in [6.45, 7) is 1.33. The topological polar surface area (TPSA) is 92.4 Å². The van der Waals surface area contributed by atoms with Gasteiger partial charge in [0.25, 0.3) is 0 Å². The number of carbonyl (C=O) groups is 2. The Balaban J connectivity index is 0. The van der Waals surface area contributed by atoms with Crippen LogP contribution in [0.5, 0.6) is 0 Å². The number of carbonyl (C=O) groups excluding carboxylic acids is 1. The second-order valence-electron chi connectivity index (χ2n) is 4.15. The smallest absolute Gasteiger partial charge is 0.303 e. The Labute approximate surface area is 115 Å². The molecule has 0 aromatic carbocycles. The molecule has 0 spiro atoms. The molecule has 1 amide bonds. The van der Waals surface area contributed by atoms with Gasteiger partial charge in [-0.2, -0.15) is 0 Å². The van der Waals surface area contributed by atoms with E-state index in [1.165, 1.54) is 0 Å². The molecule has 6 heteroatoms. The van der Waals surface area contributed by atoms with E-state index in [0.29, 0.717) is 25.9 Å². The Morgan fingerprint density at radius 2 is 1.56 bits per heavy atom. The van der Waals surface area contributed by atoms with Crippen LogP contribution in [0.1, 0.15) is 51.4 Å². The van der Waals surface area contributed by atoms with Crippen molar-refractivity contribution in [2.24, 2.45) is 5.73 Å². The predicted molar refractivity (Wildman–Crippen MR) is 73.9 cm³/mol. The van der Waals surface area contributed by atoms with Crippen molar-refractivity contribution in [2.75, 3.05) is 13.1 Å². The number of carboxylic acids is 1. The minimum atomic E-state index is -0.756. The number of hydrogen-bond acceptors (Lipinski definition) is 3. The van der Waals surface area contributed by atoms with Gasteiger partial charge in [-0.1, -0.05) is 12.8 Å². The number of nitrogens with one attached hydrogen (secondary N) is 1. The maximum atomic E-state index is 11.3. The van der Waals surface area contributed by atoms with Crippen molar-refractivity contribution < 1.29 is 14.7 Å². The molecule has 0 saturated carbocycles. The lowest BCUT2D eigenvalue weighted by Gasteiger charge is -2.04. The average molecular weight is 281 g/mol. The van der Waals surface area contributed by atoms with Crippen LogP contribution in [0.4, 0.5) is 0 Å². The van der Waals surface area contributed by atoms with Gasteiger partial charge in [0.05, 0.1) is 0 Å². The number of rotatable bonds is 11. The molecule has 0 radical (unpaired) electrons. The highest BCUT2D eigenvalue weighted by Gasteiger charge is 2.00. The van der Waals surface area contributed by atoms with Crippen molar-refractivity contribution in [3.63, 3.8) is 0 Å². The molecule has 18 heavy (non-hydrogen) atoms. The molecule has 0 aromatic heterocycles. The Morgan fingerprint density at radius 1 is 0.944 bits per heavy atom. The average Bonchev–Trinajstić information content (AvgIpc) is 2.29. The molecular formula is C12H25ClN2O3. The van der Waals surface area contributed by atoms with E-state index in [0.717, 1.165) is 32.1 Å². The summed E-state index contributed by atoms with van der Waals surface area (Å²) >= 11 is 0. The standard InChI is InChI=1S/C12H24N2O3.ClH/c13-9-5-1-3-7-11(15)14-10-6-2-4-8-12(16)17;/h1-10,13H2,(H,14,15)(H,16,17);1H. The highest BCUT2D eigenvalue weighted by molar-refractivity contribution is 5.85. The first kappa shape index (κ1) is 19.5. The fraction of sp³-hybridized carbons (Fsp3) is 0.833. The van der Waals surface area contributed by atoms with Gasteiger partial charge >= 0.3 is 5.97 Å². The molecular weight excluding hydrogens is 256 g/mol. The van der Waals surface area contributed by atoms with E-state index in [2.05, 4.69) is 5.32 Å². The summed E-state index contributed by atoms with van der Waals surface area (Å²) in [6, 6.07) is 0. The molecule has 0 fully saturated rings. The summed E-state index contributed by atoms with van der Waals surface area (Å²) in [4.78, 5) is 21.5. The SMILES string of the molecule is Cl.NCCCCCC(=O)NCCCCCC(=O)O. The van der Waals surface area contributed by atoms with E-state index in [1.54, 1.807) is 0 Å². The van der Waals surface area contributed by atoms with Gasteiger partial charge in [0.1, 0.15) is 0 Å². The molecule has 0 aliphatic carbocycles. The fourth-order valence-electron chi connectivity index (χ4n) is 1.50. The van der Waals surface area contributed by atoms with Gasteiger partial charge in [0.2, 0.25) is 5.91 Å². The molecule has 0 aliphatic heterocycles. The van der Waals surface area contributed by atoms with Crippen LogP contribution in [0.25, 0.3) is 0 Å². The van der Waals surface area contributed by atoms with Crippen LogP contribution in [-0.4, -0.2) is 30.1 Å². The highest BCUT2D eigenvalue weighted by atomic mass is 35.5. The van der Waals surface area contributed by atoms with Crippen molar-refractivity contribution >= 4 is 24.3 Å².